The van der Waals surface area contributed by atoms with Crippen LogP contribution in [0.15, 0.2) is 42.7 Å². The summed E-state index contributed by atoms with van der Waals surface area (Å²) in [5.74, 6) is 1.36. The summed E-state index contributed by atoms with van der Waals surface area (Å²) < 4.78 is 5.16. The molecule has 0 radical (unpaired) electrons. The van der Waals surface area contributed by atoms with Gasteiger partial charge in [0.05, 0.1) is 13.7 Å². The zero-order valence-electron chi connectivity index (χ0n) is 17.0. The van der Waals surface area contributed by atoms with E-state index in [4.69, 9.17) is 4.74 Å². The third-order valence-electron chi connectivity index (χ3n) is 5.07. The molecule has 0 unspecified atom stereocenters. The van der Waals surface area contributed by atoms with Gasteiger partial charge in [-0.15, -0.1) is 0 Å². The first-order valence-corrected chi connectivity index (χ1v) is 9.75. The van der Waals surface area contributed by atoms with Gasteiger partial charge in [-0.3, -0.25) is 9.59 Å². The van der Waals surface area contributed by atoms with E-state index in [0.717, 1.165) is 11.3 Å². The number of hydrogen-bond donors (Lipinski definition) is 0. The third-order valence-corrected chi connectivity index (χ3v) is 5.07. The van der Waals surface area contributed by atoms with E-state index >= 15 is 0 Å². The molecule has 2 aromatic rings. The van der Waals surface area contributed by atoms with Gasteiger partial charge in [-0.25, -0.2) is 9.97 Å². The molecule has 0 spiro atoms. The first kappa shape index (κ1) is 20.6. The summed E-state index contributed by atoms with van der Waals surface area (Å²) in [5, 5.41) is 0. The van der Waals surface area contributed by atoms with Crippen molar-refractivity contribution in [1.82, 2.24) is 19.8 Å². The molecule has 1 aromatic heterocycles. The number of piperazine rings is 1. The number of ether oxygens (including phenoxy) is 1. The van der Waals surface area contributed by atoms with Gasteiger partial charge in [0, 0.05) is 52.0 Å². The zero-order chi connectivity index (χ0) is 20.6. The van der Waals surface area contributed by atoms with Crippen LogP contribution in [0.1, 0.15) is 12.5 Å². The maximum Gasteiger partial charge on any atom is 0.242 e. The lowest BCUT2D eigenvalue weighted by molar-refractivity contribution is -0.139. The normalized spacial score (nSPS) is 13.9. The summed E-state index contributed by atoms with van der Waals surface area (Å²) in [7, 11) is 1.63. The molecule has 0 aliphatic carbocycles. The van der Waals surface area contributed by atoms with E-state index in [0.29, 0.717) is 45.1 Å². The number of aromatic nitrogens is 2. The van der Waals surface area contributed by atoms with Crippen LogP contribution in [-0.2, 0) is 16.0 Å². The van der Waals surface area contributed by atoms with Crippen LogP contribution < -0.4 is 9.64 Å². The van der Waals surface area contributed by atoms with Crippen molar-refractivity contribution in [1.29, 1.82) is 0 Å². The highest BCUT2D eigenvalue weighted by Gasteiger charge is 2.24. The van der Waals surface area contributed by atoms with Gasteiger partial charge in [-0.2, -0.15) is 0 Å². The Morgan fingerprint density at radius 3 is 2.31 bits per heavy atom. The molecule has 29 heavy (non-hydrogen) atoms. The van der Waals surface area contributed by atoms with Crippen LogP contribution in [0.4, 0.5) is 5.95 Å². The number of methoxy groups -OCH3 is 1. The van der Waals surface area contributed by atoms with Crippen molar-refractivity contribution in [2.45, 2.75) is 13.3 Å². The molecule has 1 aliphatic heterocycles. The van der Waals surface area contributed by atoms with E-state index in [1.807, 2.05) is 29.2 Å². The molecule has 0 bridgehead atoms. The van der Waals surface area contributed by atoms with Crippen LogP contribution in [-0.4, -0.2) is 78.0 Å². The molecule has 1 aliphatic rings. The van der Waals surface area contributed by atoms with Crippen molar-refractivity contribution in [2.24, 2.45) is 0 Å². The van der Waals surface area contributed by atoms with Gasteiger partial charge in [-0.05, 0) is 30.2 Å². The van der Waals surface area contributed by atoms with Crippen LogP contribution in [0.5, 0.6) is 5.75 Å². The number of amides is 2. The van der Waals surface area contributed by atoms with Crippen molar-refractivity contribution in [3.05, 3.63) is 48.3 Å². The summed E-state index contributed by atoms with van der Waals surface area (Å²) in [4.78, 5) is 38.7. The van der Waals surface area contributed by atoms with Gasteiger partial charge in [-0.1, -0.05) is 12.1 Å². The molecule has 154 valence electrons. The van der Waals surface area contributed by atoms with Gasteiger partial charge in [0.1, 0.15) is 5.75 Å². The summed E-state index contributed by atoms with van der Waals surface area (Å²) in [6.45, 7) is 4.68. The first-order chi connectivity index (χ1) is 14.1. The minimum absolute atomic E-state index is 0.0245. The highest BCUT2D eigenvalue weighted by molar-refractivity contribution is 5.84. The fourth-order valence-electron chi connectivity index (χ4n) is 3.28. The van der Waals surface area contributed by atoms with E-state index in [-0.39, 0.29) is 18.4 Å². The topological polar surface area (TPSA) is 78.9 Å². The van der Waals surface area contributed by atoms with Crippen LogP contribution in [0.2, 0.25) is 0 Å². The van der Waals surface area contributed by atoms with Crippen molar-refractivity contribution in [2.75, 3.05) is 51.3 Å². The van der Waals surface area contributed by atoms with E-state index in [1.54, 1.807) is 30.5 Å². The van der Waals surface area contributed by atoms with E-state index in [9.17, 15) is 9.59 Å². The summed E-state index contributed by atoms with van der Waals surface area (Å²) in [5.41, 5.74) is 1.10. The second-order valence-corrected chi connectivity index (χ2v) is 6.96. The Morgan fingerprint density at radius 2 is 1.72 bits per heavy atom. The standard InChI is InChI=1S/C21H27N5O3/c1-17(27)26(11-8-18-4-6-19(29-2)7-5-18)16-20(28)24-12-14-25(15-13-24)21-22-9-3-10-23-21/h3-7,9-10H,8,11-16H2,1-2H3. The van der Waals surface area contributed by atoms with E-state index < -0.39 is 0 Å². The fourth-order valence-corrected chi connectivity index (χ4v) is 3.28. The monoisotopic (exact) mass is 397 g/mol. The maximum absolute atomic E-state index is 12.7. The maximum atomic E-state index is 12.7. The molecule has 0 atom stereocenters. The number of hydrogen-bond acceptors (Lipinski definition) is 6. The largest absolute Gasteiger partial charge is 0.497 e. The predicted molar refractivity (Wildman–Crippen MR) is 110 cm³/mol. The number of rotatable bonds is 7. The van der Waals surface area contributed by atoms with E-state index in [1.165, 1.54) is 6.92 Å². The van der Waals surface area contributed by atoms with E-state index in [2.05, 4.69) is 14.9 Å². The van der Waals surface area contributed by atoms with Crippen molar-refractivity contribution < 1.29 is 14.3 Å². The average Bonchev–Trinajstić information content (AvgIpc) is 2.77. The molecule has 8 nitrogen and oxygen atoms in total. The molecule has 8 heteroatoms. The zero-order valence-corrected chi connectivity index (χ0v) is 17.0. The Labute approximate surface area is 171 Å². The van der Waals surface area contributed by atoms with Gasteiger partial charge in [0.15, 0.2) is 0 Å². The molecule has 0 N–H and O–H groups in total. The summed E-state index contributed by atoms with van der Waals surface area (Å²) in [6, 6.07) is 9.53. The molecule has 1 aromatic carbocycles. The van der Waals surface area contributed by atoms with Crippen molar-refractivity contribution in [3.8, 4) is 5.75 Å². The van der Waals surface area contributed by atoms with Gasteiger partial charge < -0.3 is 19.4 Å². The van der Waals surface area contributed by atoms with Crippen LogP contribution in [0.3, 0.4) is 0 Å². The molecular formula is C21H27N5O3. The number of anilines is 1. The second-order valence-electron chi connectivity index (χ2n) is 6.96. The number of carbonyl (C=O) groups excluding carboxylic acids is 2. The van der Waals surface area contributed by atoms with Gasteiger partial charge in [0.2, 0.25) is 17.8 Å². The quantitative estimate of drug-likeness (QED) is 0.699. The Morgan fingerprint density at radius 1 is 1.07 bits per heavy atom. The Hall–Kier alpha value is -3.16. The summed E-state index contributed by atoms with van der Waals surface area (Å²) in [6.07, 6.45) is 4.12. The number of carbonyl (C=O) groups is 2. The van der Waals surface area contributed by atoms with Gasteiger partial charge >= 0.3 is 0 Å². The van der Waals surface area contributed by atoms with Crippen molar-refractivity contribution >= 4 is 17.8 Å². The van der Waals surface area contributed by atoms with Crippen LogP contribution in [0, 0.1) is 0 Å². The number of benzene rings is 1. The van der Waals surface area contributed by atoms with Crippen LogP contribution in [0.25, 0.3) is 0 Å². The average molecular weight is 397 g/mol. The molecule has 2 amide bonds. The highest BCUT2D eigenvalue weighted by Crippen LogP contribution is 2.13. The third kappa shape index (κ3) is 5.66. The summed E-state index contributed by atoms with van der Waals surface area (Å²) >= 11 is 0. The molecule has 0 saturated carbocycles. The van der Waals surface area contributed by atoms with Gasteiger partial charge in [0.25, 0.3) is 0 Å². The van der Waals surface area contributed by atoms with Crippen molar-refractivity contribution in [3.63, 3.8) is 0 Å². The number of nitrogens with zero attached hydrogens (tertiary/aromatic N) is 5. The Balaban J connectivity index is 1.49. The highest BCUT2D eigenvalue weighted by atomic mass is 16.5. The Bertz CT molecular complexity index is 805. The lowest BCUT2D eigenvalue weighted by atomic mass is 10.1. The smallest absolute Gasteiger partial charge is 0.242 e. The molecular weight excluding hydrogens is 370 g/mol. The molecule has 1 fully saturated rings. The second kappa shape index (κ2) is 9.86. The molecule has 2 heterocycles. The minimum atomic E-state index is -0.0943. The lowest BCUT2D eigenvalue weighted by Crippen LogP contribution is -2.52. The fraction of sp³-hybridized carbons (Fsp3) is 0.429. The predicted octanol–water partition coefficient (Wildman–Crippen LogP) is 1.22. The Kier molecular flexibility index (Phi) is 6.99. The first-order valence-electron chi connectivity index (χ1n) is 9.75. The SMILES string of the molecule is COc1ccc(CCN(CC(=O)N2CCN(c3ncccn3)CC2)C(C)=O)cc1. The molecule has 1 saturated heterocycles. The lowest BCUT2D eigenvalue weighted by Gasteiger charge is -2.35. The molecule has 3 rings (SSSR count). The van der Waals surface area contributed by atoms with Crippen LogP contribution >= 0.6 is 0 Å². The minimum Gasteiger partial charge on any atom is -0.497 e.